The molecule has 0 radical (unpaired) electrons. The Morgan fingerprint density at radius 2 is 2.25 bits per heavy atom. The SMILES string of the molecule is CC(C)(C)OC(=O)N1CCC[C@H]1COSI. The van der Waals surface area contributed by atoms with Crippen LogP contribution in [0.5, 0.6) is 0 Å². The van der Waals surface area contributed by atoms with Gasteiger partial charge in [0.15, 0.2) is 0 Å². The average molecular weight is 359 g/mol. The lowest BCUT2D eigenvalue weighted by Gasteiger charge is -2.28. The Morgan fingerprint density at radius 3 is 2.81 bits per heavy atom. The molecule has 0 aromatic rings. The number of halogens is 1. The summed E-state index contributed by atoms with van der Waals surface area (Å²) in [4.78, 5) is 13.6. The van der Waals surface area contributed by atoms with E-state index in [2.05, 4.69) is 21.2 Å². The molecule has 0 aromatic carbocycles. The molecule has 1 aliphatic heterocycles. The molecule has 1 aliphatic rings. The summed E-state index contributed by atoms with van der Waals surface area (Å²) in [6.45, 7) is 7.00. The molecule has 1 rings (SSSR count). The van der Waals surface area contributed by atoms with E-state index in [9.17, 15) is 4.79 Å². The van der Waals surface area contributed by atoms with Crippen molar-refractivity contribution >= 4 is 36.5 Å². The smallest absolute Gasteiger partial charge is 0.410 e. The predicted octanol–water partition coefficient (Wildman–Crippen LogP) is 3.40. The number of carbonyl (C=O) groups excluding carboxylic acids is 1. The van der Waals surface area contributed by atoms with Crippen LogP contribution in [-0.4, -0.2) is 35.8 Å². The third-order valence-electron chi connectivity index (χ3n) is 2.31. The molecule has 0 aliphatic carbocycles. The van der Waals surface area contributed by atoms with Crippen molar-refractivity contribution in [2.75, 3.05) is 13.2 Å². The van der Waals surface area contributed by atoms with Crippen molar-refractivity contribution in [3.05, 3.63) is 0 Å². The van der Waals surface area contributed by atoms with Crippen molar-refractivity contribution in [3.8, 4) is 0 Å². The third kappa shape index (κ3) is 4.67. The second-order valence-corrected chi connectivity index (χ2v) is 6.26. The first-order valence-electron chi connectivity index (χ1n) is 5.34. The maximum atomic E-state index is 11.9. The van der Waals surface area contributed by atoms with Gasteiger partial charge >= 0.3 is 6.09 Å². The van der Waals surface area contributed by atoms with Crippen LogP contribution < -0.4 is 0 Å². The highest BCUT2D eigenvalue weighted by atomic mass is 127. The maximum absolute atomic E-state index is 11.9. The van der Waals surface area contributed by atoms with Gasteiger partial charge in [-0.15, -0.1) is 0 Å². The van der Waals surface area contributed by atoms with Gasteiger partial charge in [-0.1, -0.05) is 0 Å². The monoisotopic (exact) mass is 359 g/mol. The van der Waals surface area contributed by atoms with Gasteiger partial charge in [0.05, 0.1) is 21.9 Å². The van der Waals surface area contributed by atoms with Crippen LogP contribution in [0.3, 0.4) is 0 Å². The number of hydrogen-bond donors (Lipinski definition) is 0. The molecule has 0 aromatic heterocycles. The Hall–Kier alpha value is 0.310. The summed E-state index contributed by atoms with van der Waals surface area (Å²) < 4.78 is 10.6. The molecule has 0 spiro atoms. The largest absolute Gasteiger partial charge is 0.444 e. The molecular weight excluding hydrogens is 341 g/mol. The predicted molar refractivity (Wildman–Crippen MR) is 73.5 cm³/mol. The van der Waals surface area contributed by atoms with E-state index in [-0.39, 0.29) is 12.1 Å². The molecule has 6 heteroatoms. The molecule has 4 nitrogen and oxygen atoms in total. The van der Waals surface area contributed by atoms with E-state index in [0.29, 0.717) is 6.61 Å². The fourth-order valence-electron chi connectivity index (χ4n) is 1.67. The highest BCUT2D eigenvalue weighted by Gasteiger charge is 2.32. The van der Waals surface area contributed by atoms with Gasteiger partial charge in [-0.2, -0.15) is 0 Å². The van der Waals surface area contributed by atoms with Crippen molar-refractivity contribution in [1.82, 2.24) is 4.90 Å². The minimum Gasteiger partial charge on any atom is -0.444 e. The van der Waals surface area contributed by atoms with Gasteiger partial charge < -0.3 is 13.8 Å². The molecule has 0 bridgehead atoms. The van der Waals surface area contributed by atoms with Crippen molar-refractivity contribution in [3.63, 3.8) is 0 Å². The zero-order valence-corrected chi connectivity index (χ0v) is 12.8. The van der Waals surface area contributed by atoms with E-state index in [0.717, 1.165) is 19.4 Å². The molecule has 1 saturated heterocycles. The lowest BCUT2D eigenvalue weighted by atomic mass is 10.2. The van der Waals surface area contributed by atoms with Crippen LogP contribution in [0.25, 0.3) is 0 Å². The zero-order valence-electron chi connectivity index (χ0n) is 9.86. The Labute approximate surface area is 113 Å². The molecule has 0 N–H and O–H groups in total. The van der Waals surface area contributed by atoms with Crippen molar-refractivity contribution in [2.24, 2.45) is 0 Å². The standard InChI is InChI=1S/C10H18INO3S/c1-10(2,3)15-9(13)12-6-4-5-8(12)7-14-16-11/h8H,4-7H2,1-3H3/t8-/m0/s1. The fraction of sp³-hybridized carbons (Fsp3) is 0.900. The van der Waals surface area contributed by atoms with Crippen molar-refractivity contribution in [2.45, 2.75) is 45.3 Å². The number of carbonyl (C=O) groups is 1. The highest BCUT2D eigenvalue weighted by Crippen LogP contribution is 2.23. The van der Waals surface area contributed by atoms with Gasteiger partial charge in [0, 0.05) is 27.8 Å². The molecular formula is C10H18INO3S. The minimum absolute atomic E-state index is 0.164. The number of amides is 1. The Morgan fingerprint density at radius 1 is 1.56 bits per heavy atom. The van der Waals surface area contributed by atoms with Crippen LogP contribution in [-0.2, 0) is 8.92 Å². The van der Waals surface area contributed by atoms with Crippen LogP contribution in [0.2, 0.25) is 0 Å². The summed E-state index contributed by atoms with van der Waals surface area (Å²) >= 11 is 2.08. The number of ether oxygens (including phenoxy) is 1. The summed E-state index contributed by atoms with van der Waals surface area (Å²) in [6, 6.07) is 0.164. The number of hydrogen-bond acceptors (Lipinski definition) is 4. The van der Waals surface area contributed by atoms with E-state index < -0.39 is 5.60 Å². The zero-order chi connectivity index (χ0) is 12.2. The second kappa shape index (κ2) is 6.30. The molecule has 94 valence electrons. The van der Waals surface area contributed by atoms with Gasteiger partial charge in [-0.25, -0.2) is 4.79 Å². The van der Waals surface area contributed by atoms with Crippen LogP contribution in [0.1, 0.15) is 33.6 Å². The van der Waals surface area contributed by atoms with E-state index in [1.54, 1.807) is 4.90 Å². The number of likely N-dealkylation sites (tertiary alicyclic amines) is 1. The number of rotatable bonds is 3. The number of nitrogens with zero attached hydrogens (tertiary/aromatic N) is 1. The average Bonchev–Trinajstić information content (AvgIpc) is 2.59. The third-order valence-corrected chi connectivity index (χ3v) is 3.30. The van der Waals surface area contributed by atoms with Gasteiger partial charge in [-0.05, 0) is 33.6 Å². The van der Waals surface area contributed by atoms with E-state index in [4.69, 9.17) is 8.92 Å². The Balaban J connectivity index is 2.47. The molecule has 0 unspecified atom stereocenters. The molecule has 16 heavy (non-hydrogen) atoms. The first-order chi connectivity index (χ1) is 7.44. The van der Waals surface area contributed by atoms with E-state index >= 15 is 0 Å². The van der Waals surface area contributed by atoms with Gasteiger partial charge in [0.25, 0.3) is 0 Å². The summed E-state index contributed by atoms with van der Waals surface area (Å²) in [5.41, 5.74) is -0.427. The van der Waals surface area contributed by atoms with Crippen molar-refractivity contribution in [1.29, 1.82) is 0 Å². The maximum Gasteiger partial charge on any atom is 0.410 e. The first kappa shape index (κ1) is 14.4. The molecule has 0 saturated carbocycles. The van der Waals surface area contributed by atoms with E-state index in [1.165, 1.54) is 9.21 Å². The van der Waals surface area contributed by atoms with Crippen LogP contribution in [0.4, 0.5) is 4.79 Å². The van der Waals surface area contributed by atoms with Crippen LogP contribution in [0, 0.1) is 0 Å². The minimum atomic E-state index is -0.427. The summed E-state index contributed by atoms with van der Waals surface area (Å²) in [7, 11) is 1.31. The summed E-state index contributed by atoms with van der Waals surface area (Å²) in [6.07, 6.45) is 1.80. The van der Waals surface area contributed by atoms with Crippen molar-refractivity contribution < 1.29 is 13.7 Å². The lowest BCUT2D eigenvalue weighted by Crippen LogP contribution is -2.41. The van der Waals surface area contributed by atoms with Crippen LogP contribution >= 0.6 is 30.4 Å². The van der Waals surface area contributed by atoms with Gasteiger partial charge in [0.2, 0.25) is 0 Å². The van der Waals surface area contributed by atoms with E-state index in [1.807, 2.05) is 20.8 Å². The Kier molecular flexibility index (Phi) is 5.66. The normalized spacial score (nSPS) is 21.2. The lowest BCUT2D eigenvalue weighted by molar-refractivity contribution is 0.0195. The Bertz CT molecular complexity index is 245. The van der Waals surface area contributed by atoms with Gasteiger partial charge in [-0.3, -0.25) is 0 Å². The molecule has 1 amide bonds. The topological polar surface area (TPSA) is 38.8 Å². The highest BCUT2D eigenvalue weighted by molar-refractivity contribution is 14.2. The molecule has 1 fully saturated rings. The fourth-order valence-corrected chi connectivity index (χ4v) is 2.32. The molecule has 1 heterocycles. The quantitative estimate of drug-likeness (QED) is 0.572. The first-order valence-corrected chi connectivity index (χ1v) is 8.62. The van der Waals surface area contributed by atoms with Crippen LogP contribution in [0.15, 0.2) is 0 Å². The second-order valence-electron chi connectivity index (χ2n) is 4.82. The summed E-state index contributed by atoms with van der Waals surface area (Å²) in [5, 5.41) is 0. The molecule has 1 atom stereocenters. The summed E-state index contributed by atoms with van der Waals surface area (Å²) in [5.74, 6) is 0. The van der Waals surface area contributed by atoms with Gasteiger partial charge in [0.1, 0.15) is 5.60 Å².